The Hall–Kier alpha value is -4.40. The number of rotatable bonds is 4. The van der Waals surface area contributed by atoms with E-state index in [-0.39, 0.29) is 17.4 Å². The van der Waals surface area contributed by atoms with Crippen molar-refractivity contribution in [3.8, 4) is 11.4 Å². The highest BCUT2D eigenvalue weighted by Crippen LogP contribution is 2.39. The quantitative estimate of drug-likeness (QED) is 0.356. The van der Waals surface area contributed by atoms with Crippen LogP contribution >= 0.6 is 0 Å². The van der Waals surface area contributed by atoms with Crippen LogP contribution in [0.4, 0.5) is 23.7 Å². The minimum Gasteiger partial charge on any atom is -0.334 e. The first kappa shape index (κ1) is 23.3. The molecule has 0 fully saturated rings. The maximum Gasteiger partial charge on any atom is 0.327 e. The Morgan fingerprint density at radius 2 is 1.56 bits per heavy atom. The summed E-state index contributed by atoms with van der Waals surface area (Å²) in [6.45, 7) is 5.58. The number of halogens is 3. The first-order chi connectivity index (χ1) is 17.2. The summed E-state index contributed by atoms with van der Waals surface area (Å²) in [5, 5.41) is 6.95. The molecule has 182 valence electrons. The van der Waals surface area contributed by atoms with Gasteiger partial charge >= 0.3 is 6.03 Å². The lowest BCUT2D eigenvalue weighted by atomic mass is 9.92. The van der Waals surface area contributed by atoms with Gasteiger partial charge in [0.05, 0.1) is 17.3 Å². The van der Waals surface area contributed by atoms with Gasteiger partial charge in [-0.2, -0.15) is 4.98 Å². The van der Waals surface area contributed by atoms with Gasteiger partial charge in [0.1, 0.15) is 17.5 Å². The van der Waals surface area contributed by atoms with Gasteiger partial charge in [-0.3, -0.25) is 4.90 Å². The molecular formula is C27H21F3N4O2. The number of benzene rings is 3. The number of carbonyl (C=O) groups excluding carboxylic acids is 1. The molecule has 0 saturated heterocycles. The monoisotopic (exact) mass is 490 g/mol. The minimum atomic E-state index is -0.820. The molecule has 1 aliphatic rings. The first-order valence-corrected chi connectivity index (χ1v) is 11.2. The number of urea groups is 1. The van der Waals surface area contributed by atoms with E-state index in [0.29, 0.717) is 16.8 Å². The van der Waals surface area contributed by atoms with E-state index in [1.54, 1.807) is 6.92 Å². The second-order valence-corrected chi connectivity index (χ2v) is 8.62. The van der Waals surface area contributed by atoms with Crippen LogP contribution in [0.1, 0.15) is 35.5 Å². The molecule has 1 aromatic heterocycles. The molecule has 6 nitrogen and oxygen atoms in total. The van der Waals surface area contributed by atoms with Crippen molar-refractivity contribution in [3.05, 3.63) is 106 Å². The van der Waals surface area contributed by atoms with Gasteiger partial charge in [-0.05, 0) is 73.9 Å². The van der Waals surface area contributed by atoms with Crippen LogP contribution in [-0.4, -0.2) is 16.2 Å². The summed E-state index contributed by atoms with van der Waals surface area (Å²) in [7, 11) is 0. The van der Waals surface area contributed by atoms with E-state index in [1.807, 2.05) is 32.0 Å². The molecule has 1 aliphatic heterocycles. The van der Waals surface area contributed by atoms with Crippen molar-refractivity contribution in [2.45, 2.75) is 26.8 Å². The molecule has 1 atom stereocenters. The van der Waals surface area contributed by atoms with Crippen LogP contribution < -0.4 is 10.2 Å². The molecule has 0 saturated carbocycles. The molecule has 4 aromatic rings. The number of allylic oxidation sites excluding steroid dienone is 1. The maximum atomic E-state index is 14.0. The highest BCUT2D eigenvalue weighted by molar-refractivity contribution is 6.01. The van der Waals surface area contributed by atoms with Crippen molar-refractivity contribution < 1.29 is 22.5 Å². The fourth-order valence-corrected chi connectivity index (χ4v) is 4.24. The number of aryl methyl sites for hydroxylation is 2. The fourth-order valence-electron chi connectivity index (χ4n) is 4.24. The van der Waals surface area contributed by atoms with Gasteiger partial charge in [0.15, 0.2) is 0 Å². The highest BCUT2D eigenvalue weighted by atomic mass is 19.1. The Balaban J connectivity index is 1.68. The number of carbonyl (C=O) groups is 1. The lowest BCUT2D eigenvalue weighted by molar-refractivity contribution is 0.244. The number of anilines is 1. The standard InChI is InChI=1S/C27H21F3N4O2/c1-14-4-5-18(10-15(14)2)24-23(26-32-25(33-36-26)17-6-8-19(28)9-7-17)16(3)34(27(35)31-24)22-12-20(29)11-21(30)13-22/h4-13,24H,1-3H3,(H,31,35). The highest BCUT2D eigenvalue weighted by Gasteiger charge is 2.37. The molecule has 36 heavy (non-hydrogen) atoms. The van der Waals surface area contributed by atoms with Crippen molar-refractivity contribution >= 4 is 17.3 Å². The van der Waals surface area contributed by atoms with E-state index in [2.05, 4.69) is 15.5 Å². The third kappa shape index (κ3) is 4.24. The van der Waals surface area contributed by atoms with Crippen LogP contribution in [0.5, 0.6) is 0 Å². The molecule has 0 spiro atoms. The van der Waals surface area contributed by atoms with Crippen LogP contribution in [-0.2, 0) is 0 Å². The van der Waals surface area contributed by atoms with Gasteiger partial charge in [0.25, 0.3) is 5.89 Å². The zero-order valence-corrected chi connectivity index (χ0v) is 19.6. The van der Waals surface area contributed by atoms with Gasteiger partial charge in [-0.25, -0.2) is 18.0 Å². The van der Waals surface area contributed by atoms with E-state index in [0.717, 1.165) is 34.9 Å². The first-order valence-electron chi connectivity index (χ1n) is 11.2. The van der Waals surface area contributed by atoms with Gasteiger partial charge in [0.2, 0.25) is 5.82 Å². The smallest absolute Gasteiger partial charge is 0.327 e. The number of nitrogens with zero attached hydrogens (tertiary/aromatic N) is 3. The normalized spacial score (nSPS) is 15.9. The van der Waals surface area contributed by atoms with Gasteiger partial charge < -0.3 is 9.84 Å². The third-order valence-electron chi connectivity index (χ3n) is 6.21. The van der Waals surface area contributed by atoms with E-state index < -0.39 is 29.5 Å². The molecule has 5 rings (SSSR count). The number of hydrogen-bond donors (Lipinski definition) is 1. The molecule has 2 heterocycles. The van der Waals surface area contributed by atoms with Crippen molar-refractivity contribution in [1.82, 2.24) is 15.5 Å². The Bertz CT molecular complexity index is 1490. The molecule has 9 heteroatoms. The van der Waals surface area contributed by atoms with E-state index in [1.165, 1.54) is 29.2 Å². The average molecular weight is 490 g/mol. The molecule has 1 unspecified atom stereocenters. The number of aromatic nitrogens is 2. The zero-order chi connectivity index (χ0) is 25.6. The number of nitrogens with one attached hydrogen (secondary N) is 1. The third-order valence-corrected chi connectivity index (χ3v) is 6.21. The minimum absolute atomic E-state index is 0.0109. The predicted molar refractivity (Wildman–Crippen MR) is 128 cm³/mol. The Morgan fingerprint density at radius 1 is 0.861 bits per heavy atom. The van der Waals surface area contributed by atoms with Crippen LogP contribution in [0.25, 0.3) is 17.0 Å². The van der Waals surface area contributed by atoms with Gasteiger partial charge in [0, 0.05) is 17.3 Å². The van der Waals surface area contributed by atoms with Gasteiger partial charge in [-0.15, -0.1) is 0 Å². The van der Waals surface area contributed by atoms with Crippen molar-refractivity contribution in [1.29, 1.82) is 0 Å². The molecular weight excluding hydrogens is 469 g/mol. The average Bonchev–Trinajstić information content (AvgIpc) is 3.30. The van der Waals surface area contributed by atoms with Crippen molar-refractivity contribution in [2.75, 3.05) is 4.90 Å². The fraction of sp³-hybridized carbons (Fsp3) is 0.148. The number of hydrogen-bond acceptors (Lipinski definition) is 4. The van der Waals surface area contributed by atoms with E-state index in [4.69, 9.17) is 4.52 Å². The SMILES string of the molecule is CC1=C(c2nc(-c3ccc(F)cc3)no2)C(c2ccc(C)c(C)c2)NC(=O)N1c1cc(F)cc(F)c1. The molecule has 0 bridgehead atoms. The second kappa shape index (κ2) is 8.99. The Kier molecular flexibility index (Phi) is 5.83. The van der Waals surface area contributed by atoms with Crippen molar-refractivity contribution in [3.63, 3.8) is 0 Å². The summed E-state index contributed by atoms with van der Waals surface area (Å²) in [4.78, 5) is 18.9. The summed E-state index contributed by atoms with van der Waals surface area (Å²) >= 11 is 0. The molecule has 1 N–H and O–H groups in total. The Morgan fingerprint density at radius 3 is 2.22 bits per heavy atom. The van der Waals surface area contributed by atoms with Gasteiger partial charge in [-0.1, -0.05) is 23.4 Å². The Labute approximate surface area is 205 Å². The molecule has 0 radical (unpaired) electrons. The lowest BCUT2D eigenvalue weighted by Crippen LogP contribution is -2.46. The lowest BCUT2D eigenvalue weighted by Gasteiger charge is -2.35. The van der Waals surface area contributed by atoms with Crippen molar-refractivity contribution in [2.24, 2.45) is 0 Å². The zero-order valence-electron chi connectivity index (χ0n) is 19.6. The van der Waals surface area contributed by atoms with E-state index in [9.17, 15) is 18.0 Å². The predicted octanol–water partition coefficient (Wildman–Crippen LogP) is 6.47. The summed E-state index contributed by atoms with van der Waals surface area (Å²) in [6, 6.07) is 13.0. The van der Waals surface area contributed by atoms with Crippen LogP contribution in [0, 0.1) is 31.3 Å². The summed E-state index contributed by atoms with van der Waals surface area (Å²) < 4.78 is 47.0. The summed E-state index contributed by atoms with van der Waals surface area (Å²) in [5.74, 6) is -1.70. The van der Waals surface area contributed by atoms with Crippen LogP contribution in [0.2, 0.25) is 0 Å². The summed E-state index contributed by atoms with van der Waals surface area (Å²) in [5.41, 5.74) is 4.24. The molecule has 3 aromatic carbocycles. The maximum absolute atomic E-state index is 14.0. The van der Waals surface area contributed by atoms with E-state index >= 15 is 0 Å². The number of amides is 2. The second-order valence-electron chi connectivity index (χ2n) is 8.62. The van der Waals surface area contributed by atoms with Crippen LogP contribution in [0.15, 0.2) is 70.9 Å². The summed E-state index contributed by atoms with van der Waals surface area (Å²) in [6.07, 6.45) is 0. The van der Waals surface area contributed by atoms with Crippen LogP contribution in [0.3, 0.4) is 0 Å². The topological polar surface area (TPSA) is 71.3 Å². The molecule has 0 aliphatic carbocycles. The largest absolute Gasteiger partial charge is 0.334 e. The molecule has 2 amide bonds.